The molecule has 5 heteroatoms. The van der Waals surface area contributed by atoms with Gasteiger partial charge >= 0.3 is 5.69 Å². The van der Waals surface area contributed by atoms with Gasteiger partial charge in [0.1, 0.15) is 11.9 Å². The highest BCUT2D eigenvalue weighted by molar-refractivity contribution is 5.80. The van der Waals surface area contributed by atoms with Crippen molar-refractivity contribution in [2.45, 2.75) is 0 Å². The van der Waals surface area contributed by atoms with Crippen molar-refractivity contribution in [2.75, 3.05) is 0 Å². The third kappa shape index (κ3) is 1.53. The molecule has 0 fully saturated rings. The summed E-state index contributed by atoms with van der Waals surface area (Å²) in [6.07, 6.45) is 5.60. The number of imidazole rings is 1. The Morgan fingerprint density at radius 2 is 2.00 bits per heavy atom. The zero-order valence-corrected chi connectivity index (χ0v) is 9.33. The first-order valence-electron chi connectivity index (χ1n) is 5.40. The molecule has 5 nitrogen and oxygen atoms in total. The van der Waals surface area contributed by atoms with Crippen LogP contribution in [0.25, 0.3) is 16.8 Å². The lowest BCUT2D eigenvalue weighted by Gasteiger charge is -2.03. The summed E-state index contributed by atoms with van der Waals surface area (Å²) in [7, 11) is 0. The topological polar surface area (TPSA) is 67.2 Å². The number of carbonyl (C=O) groups excluding carboxylic acids is 1. The maximum absolute atomic E-state index is 11.5. The summed E-state index contributed by atoms with van der Waals surface area (Å²) in [6.45, 7) is 0. The van der Waals surface area contributed by atoms with Gasteiger partial charge in [0.15, 0.2) is 0 Å². The van der Waals surface area contributed by atoms with E-state index in [1.165, 1.54) is 4.40 Å². The van der Waals surface area contributed by atoms with E-state index in [-0.39, 0.29) is 5.69 Å². The van der Waals surface area contributed by atoms with Crippen molar-refractivity contribution in [3.05, 3.63) is 58.9 Å². The van der Waals surface area contributed by atoms with Gasteiger partial charge in [0, 0.05) is 29.7 Å². The smallest absolute Gasteiger partial charge is 0.313 e. The molecule has 0 bridgehead atoms. The van der Waals surface area contributed by atoms with Crippen molar-refractivity contribution in [1.29, 1.82) is 0 Å². The molecule has 0 amide bonds. The summed E-state index contributed by atoms with van der Waals surface area (Å²) in [5, 5.41) is 0. The molecule has 0 saturated carbocycles. The fraction of sp³-hybridized carbons (Fsp3) is 0. The molecule has 2 aromatic heterocycles. The molecule has 0 saturated heterocycles. The molecule has 1 aromatic carbocycles. The third-order valence-corrected chi connectivity index (χ3v) is 2.80. The van der Waals surface area contributed by atoms with E-state index in [0.717, 1.165) is 17.4 Å². The van der Waals surface area contributed by atoms with Crippen molar-refractivity contribution < 1.29 is 4.79 Å². The van der Waals surface area contributed by atoms with E-state index in [0.29, 0.717) is 11.2 Å². The molecule has 3 rings (SSSR count). The standard InChI is InChI=1S/C13H9N3O2/c17-8-9-1-3-10(4-2-9)11-7-15-13(18)16-6-5-14-12(11)16/h1-8H,(H,15,18). The van der Waals surface area contributed by atoms with Crippen LogP contribution in [0.2, 0.25) is 0 Å². The molecular formula is C13H9N3O2. The van der Waals surface area contributed by atoms with Gasteiger partial charge in [0.2, 0.25) is 0 Å². The molecule has 0 aliphatic rings. The van der Waals surface area contributed by atoms with Gasteiger partial charge in [-0.25, -0.2) is 9.78 Å². The zero-order chi connectivity index (χ0) is 12.5. The van der Waals surface area contributed by atoms with Gasteiger partial charge in [-0.1, -0.05) is 24.3 Å². The predicted octanol–water partition coefficient (Wildman–Crippen LogP) is 1.50. The fourth-order valence-corrected chi connectivity index (χ4v) is 1.89. The number of hydrogen-bond acceptors (Lipinski definition) is 3. The quantitative estimate of drug-likeness (QED) is 0.689. The van der Waals surface area contributed by atoms with Crippen molar-refractivity contribution in [3.63, 3.8) is 0 Å². The average Bonchev–Trinajstić information content (AvgIpc) is 2.90. The summed E-state index contributed by atoms with van der Waals surface area (Å²) in [4.78, 5) is 29.0. The number of rotatable bonds is 2. The number of aromatic nitrogens is 3. The highest BCUT2D eigenvalue weighted by atomic mass is 16.1. The van der Waals surface area contributed by atoms with Crippen LogP contribution in [0.15, 0.2) is 47.7 Å². The van der Waals surface area contributed by atoms with E-state index in [4.69, 9.17) is 0 Å². The summed E-state index contributed by atoms with van der Waals surface area (Å²) < 4.78 is 1.45. The second kappa shape index (κ2) is 3.96. The Morgan fingerprint density at radius 1 is 1.22 bits per heavy atom. The molecule has 0 spiro atoms. The Bertz CT molecular complexity index is 769. The molecule has 0 atom stereocenters. The lowest BCUT2D eigenvalue weighted by atomic mass is 10.1. The largest absolute Gasteiger partial charge is 0.331 e. The van der Waals surface area contributed by atoms with Crippen molar-refractivity contribution in [2.24, 2.45) is 0 Å². The minimum Gasteiger partial charge on any atom is -0.313 e. The Balaban J connectivity index is 2.24. The van der Waals surface area contributed by atoms with Crippen molar-refractivity contribution in [1.82, 2.24) is 14.4 Å². The summed E-state index contributed by atoms with van der Waals surface area (Å²) in [6, 6.07) is 7.11. The lowest BCUT2D eigenvalue weighted by Crippen LogP contribution is -2.15. The predicted molar refractivity (Wildman–Crippen MR) is 66.6 cm³/mol. The maximum Gasteiger partial charge on any atom is 0.331 e. The van der Waals surface area contributed by atoms with Gasteiger partial charge in [0.05, 0.1) is 0 Å². The first-order valence-corrected chi connectivity index (χ1v) is 5.40. The number of nitrogens with zero attached hydrogens (tertiary/aromatic N) is 2. The third-order valence-electron chi connectivity index (χ3n) is 2.80. The molecule has 2 heterocycles. The van der Waals surface area contributed by atoms with E-state index in [2.05, 4.69) is 9.97 Å². The van der Waals surface area contributed by atoms with Gasteiger partial charge in [-0.05, 0) is 5.56 Å². The second-order valence-corrected chi connectivity index (χ2v) is 3.87. The number of benzene rings is 1. The van der Waals surface area contributed by atoms with Crippen LogP contribution in [-0.2, 0) is 0 Å². The van der Waals surface area contributed by atoms with E-state index >= 15 is 0 Å². The average molecular weight is 239 g/mol. The van der Waals surface area contributed by atoms with Crippen LogP contribution >= 0.6 is 0 Å². The molecule has 0 unspecified atom stereocenters. The van der Waals surface area contributed by atoms with E-state index in [1.54, 1.807) is 30.7 Å². The first-order chi connectivity index (χ1) is 8.79. The molecule has 88 valence electrons. The minimum atomic E-state index is -0.226. The Morgan fingerprint density at radius 3 is 2.72 bits per heavy atom. The van der Waals surface area contributed by atoms with Gasteiger partial charge in [-0.3, -0.25) is 9.20 Å². The molecule has 3 aromatic rings. The SMILES string of the molecule is O=Cc1ccc(-c2c[nH]c(=O)n3ccnc23)cc1. The fourth-order valence-electron chi connectivity index (χ4n) is 1.89. The van der Waals surface area contributed by atoms with Crippen molar-refractivity contribution >= 4 is 11.9 Å². The summed E-state index contributed by atoms with van der Waals surface area (Å²) in [5.41, 5.74) is 2.70. The molecule has 0 aliphatic carbocycles. The van der Waals surface area contributed by atoms with Crippen LogP contribution in [0.3, 0.4) is 0 Å². The number of H-pyrrole nitrogens is 1. The number of aromatic amines is 1. The van der Waals surface area contributed by atoms with E-state index < -0.39 is 0 Å². The Kier molecular flexibility index (Phi) is 2.30. The number of hydrogen-bond donors (Lipinski definition) is 1. The van der Waals surface area contributed by atoms with Gasteiger partial charge in [-0.15, -0.1) is 0 Å². The molecule has 18 heavy (non-hydrogen) atoms. The Hall–Kier alpha value is -2.69. The summed E-state index contributed by atoms with van der Waals surface area (Å²) in [5.74, 6) is 0. The minimum absolute atomic E-state index is 0.226. The van der Waals surface area contributed by atoms with E-state index in [1.807, 2.05) is 12.1 Å². The van der Waals surface area contributed by atoms with Crippen LogP contribution in [0, 0.1) is 0 Å². The Labute approximate surface area is 102 Å². The highest BCUT2D eigenvalue weighted by Crippen LogP contribution is 2.21. The van der Waals surface area contributed by atoms with Crippen LogP contribution in [0.4, 0.5) is 0 Å². The highest BCUT2D eigenvalue weighted by Gasteiger charge is 2.07. The van der Waals surface area contributed by atoms with Crippen molar-refractivity contribution in [3.8, 4) is 11.1 Å². The van der Waals surface area contributed by atoms with Crippen LogP contribution in [0.5, 0.6) is 0 Å². The first kappa shape index (κ1) is 10.5. The zero-order valence-electron chi connectivity index (χ0n) is 9.33. The number of carbonyl (C=O) groups is 1. The van der Waals surface area contributed by atoms with Gasteiger partial charge in [-0.2, -0.15) is 0 Å². The van der Waals surface area contributed by atoms with E-state index in [9.17, 15) is 9.59 Å². The van der Waals surface area contributed by atoms with Gasteiger partial charge in [0.25, 0.3) is 0 Å². The monoisotopic (exact) mass is 239 g/mol. The molecule has 1 N–H and O–H groups in total. The summed E-state index contributed by atoms with van der Waals surface area (Å²) >= 11 is 0. The lowest BCUT2D eigenvalue weighted by molar-refractivity contribution is 0.112. The molecule has 0 radical (unpaired) electrons. The number of fused-ring (bicyclic) bond motifs is 1. The number of aldehydes is 1. The molecule has 0 aliphatic heterocycles. The second-order valence-electron chi connectivity index (χ2n) is 3.87. The van der Waals surface area contributed by atoms with Gasteiger partial charge < -0.3 is 4.98 Å². The van der Waals surface area contributed by atoms with Crippen LogP contribution in [0.1, 0.15) is 10.4 Å². The van der Waals surface area contributed by atoms with Crippen LogP contribution in [-0.4, -0.2) is 20.7 Å². The normalized spacial score (nSPS) is 10.7. The molecular weight excluding hydrogens is 230 g/mol. The van der Waals surface area contributed by atoms with Crippen LogP contribution < -0.4 is 5.69 Å². The number of nitrogens with one attached hydrogen (secondary N) is 1. The maximum atomic E-state index is 11.5.